The first kappa shape index (κ1) is 35.8. The van der Waals surface area contributed by atoms with E-state index in [1.165, 1.54) is 17.3 Å². The van der Waals surface area contributed by atoms with E-state index in [9.17, 15) is 14.4 Å². The normalized spacial score (nSPS) is 17.5. The zero-order chi connectivity index (χ0) is 30.7. The predicted molar refractivity (Wildman–Crippen MR) is 174 cm³/mol. The fourth-order valence-electron chi connectivity index (χ4n) is 4.81. The van der Waals surface area contributed by atoms with Gasteiger partial charge >= 0.3 is 0 Å². The van der Waals surface area contributed by atoms with Crippen LogP contribution in [0.1, 0.15) is 45.6 Å². The number of carbonyl (C=O) groups is 3. The van der Waals surface area contributed by atoms with E-state index >= 15 is 0 Å². The molecule has 1 fully saturated rings. The van der Waals surface area contributed by atoms with Gasteiger partial charge in [0.15, 0.2) is 0 Å². The van der Waals surface area contributed by atoms with Gasteiger partial charge in [-0.2, -0.15) is 0 Å². The predicted octanol–water partition coefficient (Wildman–Crippen LogP) is 0.812. The molecule has 1 aliphatic rings. The molecular formula is C30H54N8O3S. The fraction of sp³-hybridized carbons (Fsp3) is 0.700. The maximum Gasteiger partial charge on any atom is 0.239 e. The first-order valence-corrected chi connectivity index (χ1v) is 16.4. The monoisotopic (exact) mass is 606 g/mol. The smallest absolute Gasteiger partial charge is 0.239 e. The number of hydrogen-bond acceptors (Lipinski definition) is 9. The van der Waals surface area contributed by atoms with Crippen LogP contribution in [0.25, 0.3) is 0 Å². The van der Waals surface area contributed by atoms with Gasteiger partial charge in [0.1, 0.15) is 16.7 Å². The number of nitrogens with one attached hydrogen (secondary N) is 5. The van der Waals surface area contributed by atoms with Crippen LogP contribution in [0.4, 0.5) is 5.69 Å². The van der Waals surface area contributed by atoms with Crippen LogP contribution in [0.5, 0.6) is 0 Å². The van der Waals surface area contributed by atoms with Gasteiger partial charge in [0, 0.05) is 57.9 Å². The number of rotatable bonds is 22. The lowest BCUT2D eigenvalue weighted by atomic mass is 10.1. The van der Waals surface area contributed by atoms with Crippen LogP contribution >= 0.6 is 11.8 Å². The summed E-state index contributed by atoms with van der Waals surface area (Å²) < 4.78 is 0. The van der Waals surface area contributed by atoms with Crippen molar-refractivity contribution in [1.29, 1.82) is 0 Å². The number of aryl methyl sites for hydroxylation is 1. The van der Waals surface area contributed by atoms with E-state index in [-0.39, 0.29) is 28.3 Å². The molecule has 0 radical (unpaired) electrons. The van der Waals surface area contributed by atoms with E-state index in [2.05, 4.69) is 57.5 Å². The minimum Gasteiger partial charge on any atom is -0.383 e. The van der Waals surface area contributed by atoms with Gasteiger partial charge in [-0.05, 0) is 70.6 Å². The van der Waals surface area contributed by atoms with Crippen molar-refractivity contribution in [3.8, 4) is 0 Å². The van der Waals surface area contributed by atoms with Crippen molar-refractivity contribution in [3.63, 3.8) is 0 Å². The molecule has 1 aliphatic heterocycles. The molecule has 1 heterocycles. The van der Waals surface area contributed by atoms with Crippen molar-refractivity contribution in [3.05, 3.63) is 29.8 Å². The first-order chi connectivity index (χ1) is 20.3. The Labute approximate surface area is 256 Å². The number of likely N-dealkylation sites (N-methyl/N-ethyl adjacent to an activating group) is 3. The third-order valence-corrected chi connectivity index (χ3v) is 8.98. The van der Waals surface area contributed by atoms with Crippen LogP contribution in [0.3, 0.4) is 0 Å². The standard InChI is InChI=1S/C30H54N8O3S/c1-5-37(6-2)21-20-34-26(39)11-8-10-23-12-14-24(15-13-23)36-22-25-29(41)38(7-3)30(42-25)27(31)28(40)35-17-9-16-33-19-18-32-4/h12-15,25,27,30,32-33,36H,5-11,16-22,31H2,1-4H3,(H,34,39)(H,35,40)/t25-,27-,30?/m1/s1. The van der Waals surface area contributed by atoms with Gasteiger partial charge in [0.25, 0.3) is 0 Å². The van der Waals surface area contributed by atoms with Crippen molar-refractivity contribution in [1.82, 2.24) is 31.1 Å². The Bertz CT molecular complexity index is 932. The maximum absolute atomic E-state index is 13.1. The molecule has 7 N–H and O–H groups in total. The zero-order valence-electron chi connectivity index (χ0n) is 26.0. The largest absolute Gasteiger partial charge is 0.383 e. The number of carbonyl (C=O) groups excluding carboxylic acids is 3. The molecular weight excluding hydrogens is 552 g/mol. The number of nitrogens with zero attached hydrogens (tertiary/aromatic N) is 2. The third kappa shape index (κ3) is 12.5. The number of thioether (sulfide) groups is 1. The maximum atomic E-state index is 13.1. The highest BCUT2D eigenvalue weighted by Crippen LogP contribution is 2.33. The molecule has 2 rings (SSSR count). The highest BCUT2D eigenvalue weighted by atomic mass is 32.2. The molecule has 1 saturated heterocycles. The minimum atomic E-state index is -0.787. The van der Waals surface area contributed by atoms with Gasteiger partial charge in [0.05, 0.1) is 0 Å². The lowest BCUT2D eigenvalue weighted by Crippen LogP contribution is -2.53. The van der Waals surface area contributed by atoms with Crippen molar-refractivity contribution in [2.24, 2.45) is 5.73 Å². The molecule has 3 amide bonds. The summed E-state index contributed by atoms with van der Waals surface area (Å²) in [6, 6.07) is 7.34. The quantitative estimate of drug-likeness (QED) is 0.106. The summed E-state index contributed by atoms with van der Waals surface area (Å²) in [5.74, 6) is -0.122. The third-order valence-electron chi connectivity index (χ3n) is 7.46. The van der Waals surface area contributed by atoms with E-state index in [0.717, 1.165) is 64.2 Å². The molecule has 42 heavy (non-hydrogen) atoms. The van der Waals surface area contributed by atoms with Crippen LogP contribution in [0, 0.1) is 0 Å². The number of amides is 3. The van der Waals surface area contributed by atoms with Crippen LogP contribution in [-0.4, -0.2) is 117 Å². The second kappa shape index (κ2) is 20.5. The van der Waals surface area contributed by atoms with Gasteiger partial charge in [-0.25, -0.2) is 0 Å². The molecule has 12 heteroatoms. The van der Waals surface area contributed by atoms with Crippen LogP contribution in [0.15, 0.2) is 24.3 Å². The SMILES string of the molecule is CCN(CC)CCNC(=O)CCCc1ccc(NC[C@H]2SC([C@H](N)C(=O)NCCCNCCNC)N(CC)C2=O)cc1. The highest BCUT2D eigenvalue weighted by molar-refractivity contribution is 8.01. The summed E-state index contributed by atoms with van der Waals surface area (Å²) in [6.45, 7) is 13.8. The first-order valence-electron chi connectivity index (χ1n) is 15.5. The average Bonchev–Trinajstić information content (AvgIpc) is 3.32. The molecule has 0 aliphatic carbocycles. The summed E-state index contributed by atoms with van der Waals surface area (Å²) in [5, 5.41) is 15.0. The Hall–Kier alpha value is -2.38. The summed E-state index contributed by atoms with van der Waals surface area (Å²) >= 11 is 1.45. The van der Waals surface area contributed by atoms with Crippen LogP contribution < -0.4 is 32.3 Å². The van der Waals surface area contributed by atoms with E-state index in [4.69, 9.17) is 5.73 Å². The van der Waals surface area contributed by atoms with Crippen molar-refractivity contribution < 1.29 is 14.4 Å². The molecule has 0 saturated carbocycles. The van der Waals surface area contributed by atoms with Crippen LogP contribution in [0.2, 0.25) is 0 Å². The Morgan fingerprint density at radius 3 is 2.40 bits per heavy atom. The zero-order valence-corrected chi connectivity index (χ0v) is 26.9. The summed E-state index contributed by atoms with van der Waals surface area (Å²) in [6.07, 6.45) is 2.96. The second-order valence-corrected chi connectivity index (χ2v) is 11.8. The fourth-order valence-corrected chi connectivity index (χ4v) is 6.27. The molecule has 1 unspecified atom stereocenters. The summed E-state index contributed by atoms with van der Waals surface area (Å²) in [7, 11) is 1.91. The molecule has 0 spiro atoms. The summed E-state index contributed by atoms with van der Waals surface area (Å²) in [5.41, 5.74) is 8.43. The molecule has 0 aromatic heterocycles. The molecule has 0 bridgehead atoms. The Morgan fingerprint density at radius 1 is 1.00 bits per heavy atom. The Kier molecular flexibility index (Phi) is 17.5. The van der Waals surface area contributed by atoms with Gasteiger partial charge in [-0.15, -0.1) is 11.8 Å². The second-order valence-electron chi connectivity index (χ2n) is 10.5. The van der Waals surface area contributed by atoms with Gasteiger partial charge in [-0.1, -0.05) is 26.0 Å². The van der Waals surface area contributed by atoms with Crippen molar-refractivity contribution in [2.45, 2.75) is 63.1 Å². The van der Waals surface area contributed by atoms with Crippen LogP contribution in [-0.2, 0) is 20.8 Å². The number of hydrogen-bond donors (Lipinski definition) is 6. The van der Waals surface area contributed by atoms with Crippen molar-refractivity contribution >= 4 is 35.2 Å². The highest BCUT2D eigenvalue weighted by Gasteiger charge is 2.44. The molecule has 11 nitrogen and oxygen atoms in total. The van der Waals surface area contributed by atoms with E-state index < -0.39 is 6.04 Å². The Balaban J connectivity index is 1.72. The van der Waals surface area contributed by atoms with Gasteiger partial charge in [0.2, 0.25) is 17.7 Å². The molecule has 238 valence electrons. The van der Waals surface area contributed by atoms with Crippen molar-refractivity contribution in [2.75, 3.05) is 77.8 Å². The number of anilines is 1. The molecule has 3 atom stereocenters. The van der Waals surface area contributed by atoms with E-state index in [1.54, 1.807) is 4.90 Å². The lowest BCUT2D eigenvalue weighted by molar-refractivity contribution is -0.131. The molecule has 1 aromatic rings. The Morgan fingerprint density at radius 2 is 1.74 bits per heavy atom. The topological polar surface area (TPSA) is 144 Å². The average molecular weight is 607 g/mol. The number of nitrogens with two attached hydrogens (primary N) is 1. The van der Waals surface area contributed by atoms with Gasteiger partial charge in [-0.3, -0.25) is 14.4 Å². The summed E-state index contributed by atoms with van der Waals surface area (Å²) in [4.78, 5) is 41.9. The van der Waals surface area contributed by atoms with E-state index in [1.807, 2.05) is 26.1 Å². The number of benzene rings is 1. The minimum absolute atomic E-state index is 0.00368. The van der Waals surface area contributed by atoms with E-state index in [0.29, 0.717) is 32.6 Å². The van der Waals surface area contributed by atoms with Gasteiger partial charge < -0.3 is 42.1 Å². The lowest BCUT2D eigenvalue weighted by Gasteiger charge is -2.26. The molecule has 1 aromatic carbocycles.